The third-order valence-electron chi connectivity index (χ3n) is 2.91. The van der Waals surface area contributed by atoms with E-state index in [9.17, 15) is 14.0 Å². The first-order valence-electron chi connectivity index (χ1n) is 5.37. The molecular formula is C12H13FN2O2. The molecule has 0 radical (unpaired) electrons. The second-order valence-corrected chi connectivity index (χ2v) is 4.24. The molecule has 17 heavy (non-hydrogen) atoms. The zero-order valence-electron chi connectivity index (χ0n) is 9.44. The van der Waals surface area contributed by atoms with Crippen LogP contribution < -0.4 is 5.73 Å². The summed E-state index contributed by atoms with van der Waals surface area (Å²) in [5.41, 5.74) is 5.72. The van der Waals surface area contributed by atoms with Gasteiger partial charge in [0.1, 0.15) is 0 Å². The number of nitrogens with two attached hydrogens (primary N) is 1. The molecule has 5 heteroatoms. The molecule has 2 amide bonds. The number of benzene rings is 1. The van der Waals surface area contributed by atoms with Gasteiger partial charge in [-0.3, -0.25) is 14.5 Å². The summed E-state index contributed by atoms with van der Waals surface area (Å²) < 4.78 is 13.6. The Morgan fingerprint density at radius 1 is 1.47 bits per heavy atom. The third kappa shape index (κ3) is 2.00. The summed E-state index contributed by atoms with van der Waals surface area (Å²) in [6, 6.07) is 4.56. The molecule has 1 saturated heterocycles. The van der Waals surface area contributed by atoms with Gasteiger partial charge in [0.25, 0.3) is 0 Å². The predicted octanol–water partition coefficient (Wildman–Crippen LogP) is 1.30. The number of halogens is 1. The molecule has 2 N–H and O–H groups in total. The molecule has 1 aromatic carbocycles. The minimum atomic E-state index is -0.562. The van der Waals surface area contributed by atoms with Gasteiger partial charge in [0.2, 0.25) is 11.8 Å². The minimum absolute atomic E-state index is 0.0228. The van der Waals surface area contributed by atoms with Gasteiger partial charge in [-0.05, 0) is 6.07 Å². The van der Waals surface area contributed by atoms with E-state index in [1.54, 1.807) is 13.0 Å². The maximum absolute atomic E-state index is 13.6. The average Bonchev–Trinajstić information content (AvgIpc) is 2.51. The van der Waals surface area contributed by atoms with Gasteiger partial charge in [0.15, 0.2) is 5.82 Å². The number of likely N-dealkylation sites (tertiary alicyclic amines) is 1. The van der Waals surface area contributed by atoms with E-state index in [1.807, 2.05) is 0 Å². The molecule has 2 rings (SSSR count). The van der Waals surface area contributed by atoms with Crippen LogP contribution in [0.15, 0.2) is 18.2 Å². The molecule has 0 aliphatic carbocycles. The van der Waals surface area contributed by atoms with Gasteiger partial charge in [-0.2, -0.15) is 0 Å². The van der Waals surface area contributed by atoms with Crippen LogP contribution in [0.25, 0.3) is 0 Å². The van der Waals surface area contributed by atoms with Crippen LogP contribution in [0.3, 0.4) is 0 Å². The van der Waals surface area contributed by atoms with Crippen molar-refractivity contribution in [3.05, 3.63) is 29.6 Å². The molecule has 90 valence electrons. The smallest absolute Gasteiger partial charge is 0.232 e. The number of carbonyl (C=O) groups is 2. The Morgan fingerprint density at radius 3 is 2.76 bits per heavy atom. The molecule has 1 aromatic rings. The van der Waals surface area contributed by atoms with E-state index in [4.69, 9.17) is 5.73 Å². The van der Waals surface area contributed by atoms with Crippen molar-refractivity contribution in [1.29, 1.82) is 0 Å². The highest BCUT2D eigenvalue weighted by molar-refractivity contribution is 6.03. The number of rotatable bonds is 2. The summed E-state index contributed by atoms with van der Waals surface area (Å²) in [6.07, 6.45) is 0.197. The second-order valence-electron chi connectivity index (χ2n) is 4.24. The standard InChI is InChI=1S/C12H13FN2O2/c1-7-5-10(16)15(12(7)17)6-8-3-2-4-9(14)11(8)13/h2-4,7H,5-6,14H2,1H3. The zero-order chi connectivity index (χ0) is 12.6. The van der Waals surface area contributed by atoms with E-state index in [2.05, 4.69) is 0 Å². The first-order chi connectivity index (χ1) is 8.00. The molecule has 4 nitrogen and oxygen atoms in total. The van der Waals surface area contributed by atoms with Crippen molar-refractivity contribution in [2.24, 2.45) is 5.92 Å². The molecule has 1 heterocycles. The Kier molecular flexibility index (Phi) is 2.83. The maximum atomic E-state index is 13.6. The van der Waals surface area contributed by atoms with Gasteiger partial charge < -0.3 is 5.73 Å². The number of amides is 2. The SMILES string of the molecule is CC1CC(=O)N(Cc2cccc(N)c2F)C1=O. The lowest BCUT2D eigenvalue weighted by atomic mass is 10.1. The molecule has 1 aliphatic rings. The Bertz CT molecular complexity index is 487. The lowest BCUT2D eigenvalue weighted by Gasteiger charge is -2.15. The summed E-state index contributed by atoms with van der Waals surface area (Å²) >= 11 is 0. The lowest BCUT2D eigenvalue weighted by Crippen LogP contribution is -2.30. The Hall–Kier alpha value is -1.91. The molecule has 1 fully saturated rings. The monoisotopic (exact) mass is 236 g/mol. The van der Waals surface area contributed by atoms with Crippen LogP contribution in [0.4, 0.5) is 10.1 Å². The highest BCUT2D eigenvalue weighted by Gasteiger charge is 2.35. The van der Waals surface area contributed by atoms with Crippen molar-refractivity contribution in [3.63, 3.8) is 0 Å². The van der Waals surface area contributed by atoms with Gasteiger partial charge in [0, 0.05) is 17.9 Å². The van der Waals surface area contributed by atoms with E-state index in [1.165, 1.54) is 12.1 Å². The molecule has 1 aliphatic heterocycles. The second kappa shape index (κ2) is 4.16. The summed E-state index contributed by atoms with van der Waals surface area (Å²) in [7, 11) is 0. The highest BCUT2D eigenvalue weighted by atomic mass is 19.1. The quantitative estimate of drug-likeness (QED) is 0.622. The average molecular weight is 236 g/mol. The van der Waals surface area contributed by atoms with Crippen molar-refractivity contribution in [3.8, 4) is 0 Å². The Morgan fingerprint density at radius 2 is 2.18 bits per heavy atom. The molecule has 1 unspecified atom stereocenters. The topological polar surface area (TPSA) is 63.4 Å². The summed E-state index contributed by atoms with van der Waals surface area (Å²) in [5.74, 6) is -1.39. The largest absolute Gasteiger partial charge is 0.396 e. The number of imide groups is 1. The van der Waals surface area contributed by atoms with Crippen molar-refractivity contribution in [1.82, 2.24) is 4.90 Å². The van der Waals surface area contributed by atoms with Gasteiger partial charge in [-0.15, -0.1) is 0 Å². The molecule has 0 bridgehead atoms. The van der Waals surface area contributed by atoms with Gasteiger partial charge in [-0.25, -0.2) is 4.39 Å². The van der Waals surface area contributed by atoms with Crippen LogP contribution in [0.1, 0.15) is 18.9 Å². The van der Waals surface area contributed by atoms with Gasteiger partial charge in [-0.1, -0.05) is 19.1 Å². The van der Waals surface area contributed by atoms with Crippen LogP contribution in [-0.4, -0.2) is 16.7 Å². The molecule has 0 spiro atoms. The van der Waals surface area contributed by atoms with Crippen LogP contribution in [0.2, 0.25) is 0 Å². The number of nitrogen functional groups attached to an aromatic ring is 1. The van der Waals surface area contributed by atoms with Crippen LogP contribution in [0.5, 0.6) is 0 Å². The van der Waals surface area contributed by atoms with Crippen LogP contribution >= 0.6 is 0 Å². The van der Waals surface area contributed by atoms with E-state index in [0.29, 0.717) is 0 Å². The fourth-order valence-corrected chi connectivity index (χ4v) is 1.91. The number of anilines is 1. The minimum Gasteiger partial charge on any atom is -0.396 e. The van der Waals surface area contributed by atoms with Gasteiger partial charge >= 0.3 is 0 Å². The first kappa shape index (κ1) is 11.6. The van der Waals surface area contributed by atoms with E-state index in [0.717, 1.165) is 4.90 Å². The van der Waals surface area contributed by atoms with Crippen molar-refractivity contribution >= 4 is 17.5 Å². The summed E-state index contributed by atoms with van der Waals surface area (Å²) in [4.78, 5) is 24.3. The van der Waals surface area contributed by atoms with Crippen molar-refractivity contribution < 1.29 is 14.0 Å². The third-order valence-corrected chi connectivity index (χ3v) is 2.91. The fraction of sp³-hybridized carbons (Fsp3) is 0.333. The molecule has 0 aromatic heterocycles. The number of hydrogen-bond donors (Lipinski definition) is 1. The van der Waals surface area contributed by atoms with Gasteiger partial charge in [0.05, 0.1) is 12.2 Å². The molecule has 0 saturated carbocycles. The maximum Gasteiger partial charge on any atom is 0.232 e. The molecule has 1 atom stereocenters. The van der Waals surface area contributed by atoms with Crippen molar-refractivity contribution in [2.75, 3.05) is 5.73 Å². The van der Waals surface area contributed by atoms with Crippen LogP contribution in [-0.2, 0) is 16.1 Å². The van der Waals surface area contributed by atoms with Crippen LogP contribution in [0, 0.1) is 11.7 Å². The zero-order valence-corrected chi connectivity index (χ0v) is 9.44. The number of hydrogen-bond acceptors (Lipinski definition) is 3. The van der Waals surface area contributed by atoms with E-state index in [-0.39, 0.29) is 41.9 Å². The van der Waals surface area contributed by atoms with E-state index >= 15 is 0 Å². The summed E-state index contributed by atoms with van der Waals surface area (Å²) in [5, 5.41) is 0. The Balaban J connectivity index is 2.24. The summed E-state index contributed by atoms with van der Waals surface area (Å²) in [6.45, 7) is 1.65. The van der Waals surface area contributed by atoms with Crippen molar-refractivity contribution in [2.45, 2.75) is 19.9 Å². The van der Waals surface area contributed by atoms with E-state index < -0.39 is 5.82 Å². The predicted molar refractivity (Wildman–Crippen MR) is 60.2 cm³/mol. The fourth-order valence-electron chi connectivity index (χ4n) is 1.91. The normalized spacial score (nSPS) is 20.1. The number of nitrogens with zero attached hydrogens (tertiary/aromatic N) is 1. The molecular weight excluding hydrogens is 223 g/mol. The highest BCUT2D eigenvalue weighted by Crippen LogP contribution is 2.23. The number of carbonyl (C=O) groups excluding carboxylic acids is 2. The first-order valence-corrected chi connectivity index (χ1v) is 5.37. The lowest BCUT2D eigenvalue weighted by molar-refractivity contribution is -0.139. The Labute approximate surface area is 98.2 Å².